The summed E-state index contributed by atoms with van der Waals surface area (Å²) in [5.74, 6) is 0. The van der Waals surface area contributed by atoms with Crippen LogP contribution >= 0.6 is 0 Å². The first-order valence-electron chi connectivity index (χ1n) is 5.62. The van der Waals surface area contributed by atoms with E-state index in [9.17, 15) is 0 Å². The summed E-state index contributed by atoms with van der Waals surface area (Å²) in [7, 11) is 0. The van der Waals surface area contributed by atoms with Gasteiger partial charge in [0.2, 0.25) is 0 Å². The van der Waals surface area contributed by atoms with E-state index >= 15 is 0 Å². The Hall–Kier alpha value is -1.09. The van der Waals surface area contributed by atoms with E-state index in [1.54, 1.807) is 0 Å². The van der Waals surface area contributed by atoms with Gasteiger partial charge in [0, 0.05) is 19.3 Å². The molecule has 0 saturated carbocycles. The van der Waals surface area contributed by atoms with Gasteiger partial charge in [0.25, 0.3) is 0 Å². The minimum absolute atomic E-state index is 0.828. The Morgan fingerprint density at radius 3 is 2.53 bits per heavy atom. The second-order valence-electron chi connectivity index (χ2n) is 3.21. The first-order chi connectivity index (χ1) is 7.38. The third-order valence-corrected chi connectivity index (χ3v) is 2.33. The Morgan fingerprint density at radius 1 is 1.27 bits per heavy atom. The molecule has 15 heavy (non-hydrogen) atoms. The van der Waals surface area contributed by atoms with Crippen molar-refractivity contribution in [2.75, 3.05) is 31.2 Å². The van der Waals surface area contributed by atoms with Crippen molar-refractivity contribution in [2.24, 2.45) is 0 Å². The lowest BCUT2D eigenvalue weighted by atomic mass is 10.2. The smallest absolute Gasteiger partial charge is 0.0642 e. The Bertz CT molecular complexity index is 283. The Balaban J connectivity index is 0.000000531. The summed E-state index contributed by atoms with van der Waals surface area (Å²) in [4.78, 5) is 6.60. The fourth-order valence-electron chi connectivity index (χ4n) is 1.61. The summed E-state index contributed by atoms with van der Waals surface area (Å²) >= 11 is 0. The highest BCUT2D eigenvalue weighted by atomic mass is 16.5. The number of ether oxygens (including phenoxy) is 1. The zero-order chi connectivity index (χ0) is 11.1. The molecule has 1 aliphatic heterocycles. The molecular formula is C12H20N2O. The van der Waals surface area contributed by atoms with Crippen molar-refractivity contribution in [3.05, 3.63) is 24.0 Å². The molecule has 0 aliphatic carbocycles. The van der Waals surface area contributed by atoms with Gasteiger partial charge >= 0.3 is 0 Å². The fraction of sp³-hybridized carbons (Fsp3) is 0.583. The molecular weight excluding hydrogens is 188 g/mol. The number of rotatable bonds is 1. The van der Waals surface area contributed by atoms with E-state index in [0.29, 0.717) is 0 Å². The lowest BCUT2D eigenvalue weighted by Gasteiger charge is -2.29. The van der Waals surface area contributed by atoms with E-state index in [0.717, 1.165) is 32.0 Å². The van der Waals surface area contributed by atoms with Crippen LogP contribution in [0.1, 0.15) is 19.5 Å². The summed E-state index contributed by atoms with van der Waals surface area (Å²) in [5.41, 5.74) is 2.34. The van der Waals surface area contributed by atoms with Crippen molar-refractivity contribution in [3.8, 4) is 0 Å². The monoisotopic (exact) mass is 208 g/mol. The van der Waals surface area contributed by atoms with Gasteiger partial charge < -0.3 is 9.64 Å². The van der Waals surface area contributed by atoms with E-state index in [1.165, 1.54) is 5.69 Å². The van der Waals surface area contributed by atoms with Crippen LogP contribution in [-0.4, -0.2) is 31.3 Å². The van der Waals surface area contributed by atoms with Crippen molar-refractivity contribution in [2.45, 2.75) is 20.8 Å². The van der Waals surface area contributed by atoms with Gasteiger partial charge in [-0.2, -0.15) is 0 Å². The fourth-order valence-corrected chi connectivity index (χ4v) is 1.61. The molecule has 84 valence electrons. The normalized spacial score (nSPS) is 15.5. The number of aromatic nitrogens is 1. The second kappa shape index (κ2) is 6.40. The molecule has 0 unspecified atom stereocenters. The number of hydrogen-bond donors (Lipinski definition) is 0. The molecule has 1 aliphatic rings. The highest BCUT2D eigenvalue weighted by Gasteiger charge is 2.12. The van der Waals surface area contributed by atoms with Crippen molar-refractivity contribution < 1.29 is 4.74 Å². The van der Waals surface area contributed by atoms with Crippen LogP contribution in [-0.2, 0) is 4.74 Å². The van der Waals surface area contributed by atoms with Gasteiger partial charge in [-0.1, -0.05) is 13.8 Å². The molecule has 0 radical (unpaired) electrons. The minimum Gasteiger partial charge on any atom is -0.378 e. The first-order valence-corrected chi connectivity index (χ1v) is 5.62. The van der Waals surface area contributed by atoms with Crippen LogP contribution in [0.2, 0.25) is 0 Å². The molecule has 0 bridgehead atoms. The highest BCUT2D eigenvalue weighted by molar-refractivity contribution is 5.49. The lowest BCUT2D eigenvalue weighted by molar-refractivity contribution is 0.122. The predicted octanol–water partition coefficient (Wildman–Crippen LogP) is 2.25. The van der Waals surface area contributed by atoms with Gasteiger partial charge in [-0.05, 0) is 19.1 Å². The number of pyridine rings is 1. The lowest BCUT2D eigenvalue weighted by Crippen LogP contribution is -2.36. The van der Waals surface area contributed by atoms with Crippen LogP contribution < -0.4 is 4.90 Å². The van der Waals surface area contributed by atoms with E-state index < -0.39 is 0 Å². The van der Waals surface area contributed by atoms with Crippen molar-refractivity contribution in [1.82, 2.24) is 4.98 Å². The first kappa shape index (κ1) is 12.0. The number of nitrogens with zero attached hydrogens (tertiary/aromatic N) is 2. The van der Waals surface area contributed by atoms with Crippen LogP contribution in [0, 0.1) is 6.92 Å². The minimum atomic E-state index is 0.828. The van der Waals surface area contributed by atoms with Crippen molar-refractivity contribution >= 4 is 5.69 Å². The number of anilines is 1. The summed E-state index contributed by atoms with van der Waals surface area (Å²) < 4.78 is 5.30. The van der Waals surface area contributed by atoms with Crippen molar-refractivity contribution in [1.29, 1.82) is 0 Å². The predicted molar refractivity (Wildman–Crippen MR) is 63.4 cm³/mol. The van der Waals surface area contributed by atoms with Crippen LogP contribution in [0.15, 0.2) is 18.3 Å². The molecule has 1 fully saturated rings. The van der Waals surface area contributed by atoms with Crippen LogP contribution in [0.3, 0.4) is 0 Å². The van der Waals surface area contributed by atoms with E-state index in [4.69, 9.17) is 4.74 Å². The van der Waals surface area contributed by atoms with Gasteiger partial charge in [-0.3, -0.25) is 4.98 Å². The van der Waals surface area contributed by atoms with E-state index in [2.05, 4.69) is 16.0 Å². The third-order valence-electron chi connectivity index (χ3n) is 2.33. The largest absolute Gasteiger partial charge is 0.378 e. The Labute approximate surface area is 92.1 Å². The molecule has 2 rings (SSSR count). The van der Waals surface area contributed by atoms with E-state index in [1.807, 2.05) is 33.0 Å². The molecule has 2 heterocycles. The number of hydrogen-bond acceptors (Lipinski definition) is 3. The third kappa shape index (κ3) is 3.20. The molecule has 1 aromatic heterocycles. The topological polar surface area (TPSA) is 25.4 Å². The van der Waals surface area contributed by atoms with Crippen LogP contribution in [0.25, 0.3) is 0 Å². The average molecular weight is 208 g/mol. The molecule has 0 N–H and O–H groups in total. The molecule has 1 aromatic rings. The van der Waals surface area contributed by atoms with Gasteiger partial charge in [0.15, 0.2) is 0 Å². The SMILES string of the molecule is CC.Cc1ncccc1N1CCOCC1. The molecule has 3 heteroatoms. The van der Waals surface area contributed by atoms with Gasteiger partial charge in [-0.25, -0.2) is 0 Å². The maximum Gasteiger partial charge on any atom is 0.0642 e. The average Bonchev–Trinajstić information content (AvgIpc) is 2.33. The van der Waals surface area contributed by atoms with Crippen LogP contribution in [0.5, 0.6) is 0 Å². The molecule has 0 amide bonds. The Morgan fingerprint density at radius 2 is 1.93 bits per heavy atom. The molecule has 0 aromatic carbocycles. The van der Waals surface area contributed by atoms with Crippen LogP contribution in [0.4, 0.5) is 5.69 Å². The van der Waals surface area contributed by atoms with Crippen molar-refractivity contribution in [3.63, 3.8) is 0 Å². The molecule has 0 atom stereocenters. The second-order valence-corrected chi connectivity index (χ2v) is 3.21. The maximum absolute atomic E-state index is 5.30. The summed E-state index contributed by atoms with van der Waals surface area (Å²) in [6.45, 7) is 9.66. The highest BCUT2D eigenvalue weighted by Crippen LogP contribution is 2.17. The zero-order valence-electron chi connectivity index (χ0n) is 9.86. The van der Waals surface area contributed by atoms with Gasteiger partial charge in [-0.15, -0.1) is 0 Å². The van der Waals surface area contributed by atoms with Gasteiger partial charge in [0.1, 0.15) is 0 Å². The quantitative estimate of drug-likeness (QED) is 0.708. The number of aryl methyl sites for hydroxylation is 1. The summed E-state index contributed by atoms with van der Waals surface area (Å²) in [5, 5.41) is 0. The molecule has 1 saturated heterocycles. The number of morpholine rings is 1. The van der Waals surface area contributed by atoms with Gasteiger partial charge in [0.05, 0.1) is 24.6 Å². The van der Waals surface area contributed by atoms with E-state index in [-0.39, 0.29) is 0 Å². The zero-order valence-corrected chi connectivity index (χ0v) is 9.86. The summed E-state index contributed by atoms with van der Waals surface area (Å²) in [6.07, 6.45) is 1.83. The summed E-state index contributed by atoms with van der Waals surface area (Å²) in [6, 6.07) is 4.10. The standard InChI is InChI=1S/C10H14N2O.C2H6/c1-9-10(3-2-4-11-9)12-5-7-13-8-6-12;1-2/h2-4H,5-8H2,1H3;1-2H3. The maximum atomic E-state index is 5.30. The molecule has 0 spiro atoms. The Kier molecular flexibility index (Phi) is 5.12. The molecule has 3 nitrogen and oxygen atoms in total.